The molecule has 0 aromatic heterocycles. The Hall–Kier alpha value is -3.34. The van der Waals surface area contributed by atoms with Crippen molar-refractivity contribution in [2.75, 3.05) is 12.3 Å². The van der Waals surface area contributed by atoms with Crippen LogP contribution in [0.25, 0.3) is 0 Å². The van der Waals surface area contributed by atoms with Gasteiger partial charge in [0.25, 0.3) is 11.8 Å². The van der Waals surface area contributed by atoms with Crippen LogP contribution in [0.5, 0.6) is 0 Å². The highest BCUT2D eigenvalue weighted by Crippen LogP contribution is 2.09. The molecule has 0 heterocycles. The van der Waals surface area contributed by atoms with E-state index in [0.29, 0.717) is 16.8 Å². The second-order valence-corrected chi connectivity index (χ2v) is 5.15. The third-order valence-corrected chi connectivity index (χ3v) is 3.42. The summed E-state index contributed by atoms with van der Waals surface area (Å²) < 4.78 is 0. The molecule has 7 nitrogen and oxygen atoms in total. The molecular weight excluding hydrogens is 332 g/mol. The van der Waals surface area contributed by atoms with Crippen LogP contribution in [0.3, 0.4) is 0 Å². The van der Waals surface area contributed by atoms with Gasteiger partial charge in [0.1, 0.15) is 6.04 Å². The molecule has 136 valence electrons. The Morgan fingerprint density at radius 3 is 2.31 bits per heavy atom. The topological polar surface area (TPSA) is 130 Å². The summed E-state index contributed by atoms with van der Waals surface area (Å²) in [5, 5.41) is 11.0. The second kappa shape index (κ2) is 9.84. The van der Waals surface area contributed by atoms with Crippen molar-refractivity contribution in [3.63, 3.8) is 0 Å². The van der Waals surface area contributed by atoms with E-state index < -0.39 is 17.9 Å². The first-order chi connectivity index (χ1) is 12.0. The summed E-state index contributed by atoms with van der Waals surface area (Å²) in [6.07, 6.45) is 0. The van der Waals surface area contributed by atoms with Gasteiger partial charge in [-0.25, -0.2) is 5.48 Å². The Morgan fingerprint density at radius 2 is 1.73 bits per heavy atom. The fourth-order valence-corrected chi connectivity index (χ4v) is 2.01. The molecule has 0 aliphatic carbocycles. The van der Waals surface area contributed by atoms with Crippen LogP contribution in [0, 0.1) is 11.8 Å². The standard InChI is InChI=1S/C18H18N4O3.CH4/c19-11-16(18(24)22-25)21-17(23)14-9-6-12(7-10-14)5-8-13-3-1-2-4-15(13)20;/h1-4,6-7,9-10,16,25H,11,19-20H2,(H,21,23)(H,22,24);1H4/t16-;/m0./s1. The van der Waals surface area contributed by atoms with Gasteiger partial charge >= 0.3 is 0 Å². The predicted molar refractivity (Wildman–Crippen MR) is 100 cm³/mol. The summed E-state index contributed by atoms with van der Waals surface area (Å²) >= 11 is 0. The van der Waals surface area contributed by atoms with Crippen LogP contribution in [0.15, 0.2) is 48.5 Å². The zero-order valence-electron chi connectivity index (χ0n) is 13.3. The minimum absolute atomic E-state index is 0. The van der Waals surface area contributed by atoms with Crippen molar-refractivity contribution in [3.05, 3.63) is 65.2 Å². The minimum atomic E-state index is -1.02. The monoisotopic (exact) mass is 354 g/mol. The smallest absolute Gasteiger partial charge is 0.267 e. The number of carbonyl (C=O) groups is 2. The van der Waals surface area contributed by atoms with Crippen LogP contribution in [0.2, 0.25) is 0 Å². The lowest BCUT2D eigenvalue weighted by Gasteiger charge is -2.14. The number of nitrogens with one attached hydrogen (secondary N) is 2. The second-order valence-electron chi connectivity index (χ2n) is 5.15. The Kier molecular flexibility index (Phi) is 7.83. The third-order valence-electron chi connectivity index (χ3n) is 3.42. The van der Waals surface area contributed by atoms with E-state index in [4.69, 9.17) is 16.7 Å². The van der Waals surface area contributed by atoms with E-state index in [1.54, 1.807) is 30.3 Å². The number of hydrogen-bond donors (Lipinski definition) is 5. The Bertz CT molecular complexity index is 823. The van der Waals surface area contributed by atoms with Crippen LogP contribution < -0.4 is 22.3 Å². The molecular formula is C19H22N4O3. The number of anilines is 1. The maximum Gasteiger partial charge on any atom is 0.267 e. The van der Waals surface area contributed by atoms with Crippen molar-refractivity contribution in [2.45, 2.75) is 13.5 Å². The molecule has 0 spiro atoms. The molecule has 7 heteroatoms. The maximum atomic E-state index is 12.1. The highest BCUT2D eigenvalue weighted by Gasteiger charge is 2.19. The number of amides is 2. The summed E-state index contributed by atoms with van der Waals surface area (Å²) in [6.45, 7) is -0.139. The molecule has 0 fully saturated rings. The number of para-hydroxylation sites is 1. The van der Waals surface area contributed by atoms with Crippen molar-refractivity contribution < 1.29 is 14.8 Å². The highest BCUT2D eigenvalue weighted by atomic mass is 16.5. The molecule has 0 radical (unpaired) electrons. The van der Waals surface area contributed by atoms with Crippen molar-refractivity contribution in [2.24, 2.45) is 5.73 Å². The van der Waals surface area contributed by atoms with Crippen LogP contribution in [0.4, 0.5) is 5.69 Å². The SMILES string of the molecule is C.NC[C@H](NC(=O)c1ccc(C#Cc2ccccc2N)cc1)C(=O)NO. The normalized spacial score (nSPS) is 10.5. The lowest BCUT2D eigenvalue weighted by Crippen LogP contribution is -2.50. The van der Waals surface area contributed by atoms with Gasteiger partial charge in [-0.1, -0.05) is 31.4 Å². The predicted octanol–water partition coefficient (Wildman–Crippen LogP) is 0.867. The summed E-state index contributed by atoms with van der Waals surface area (Å²) in [6, 6.07) is 12.8. The van der Waals surface area contributed by atoms with Crippen LogP contribution in [0.1, 0.15) is 28.9 Å². The molecule has 0 saturated carbocycles. The average Bonchev–Trinajstić information content (AvgIpc) is 2.65. The Balaban J connectivity index is 0.00000338. The molecule has 0 bridgehead atoms. The van der Waals surface area contributed by atoms with E-state index in [1.165, 1.54) is 5.48 Å². The Morgan fingerprint density at radius 1 is 1.08 bits per heavy atom. The fourth-order valence-electron chi connectivity index (χ4n) is 2.01. The van der Waals surface area contributed by atoms with Gasteiger partial charge in [-0.15, -0.1) is 0 Å². The zero-order valence-corrected chi connectivity index (χ0v) is 13.3. The van der Waals surface area contributed by atoms with Crippen molar-refractivity contribution in [3.8, 4) is 11.8 Å². The molecule has 2 aromatic carbocycles. The van der Waals surface area contributed by atoms with Gasteiger partial charge in [0.15, 0.2) is 0 Å². The van der Waals surface area contributed by atoms with Crippen molar-refractivity contribution in [1.82, 2.24) is 10.8 Å². The van der Waals surface area contributed by atoms with Gasteiger partial charge in [0, 0.05) is 28.9 Å². The summed E-state index contributed by atoms with van der Waals surface area (Å²) in [5.41, 5.74) is 15.1. The number of carbonyl (C=O) groups excluding carboxylic acids is 2. The minimum Gasteiger partial charge on any atom is -0.398 e. The molecule has 2 rings (SSSR count). The third kappa shape index (κ3) is 5.34. The largest absolute Gasteiger partial charge is 0.398 e. The number of hydrogen-bond acceptors (Lipinski definition) is 5. The number of benzene rings is 2. The van der Waals surface area contributed by atoms with Crippen LogP contribution in [-0.2, 0) is 4.79 Å². The van der Waals surface area contributed by atoms with Gasteiger partial charge in [-0.05, 0) is 36.4 Å². The van der Waals surface area contributed by atoms with Gasteiger partial charge in [-0.3, -0.25) is 14.8 Å². The number of hydroxylamine groups is 1. The van der Waals surface area contributed by atoms with E-state index >= 15 is 0 Å². The summed E-state index contributed by atoms with van der Waals surface area (Å²) in [4.78, 5) is 23.4. The number of nitrogen functional groups attached to an aromatic ring is 1. The molecule has 1 atom stereocenters. The van der Waals surface area contributed by atoms with Gasteiger partial charge in [0.2, 0.25) is 0 Å². The maximum absolute atomic E-state index is 12.1. The van der Waals surface area contributed by atoms with Crippen molar-refractivity contribution >= 4 is 17.5 Å². The van der Waals surface area contributed by atoms with E-state index in [0.717, 1.165) is 5.56 Å². The first kappa shape index (κ1) is 20.7. The van der Waals surface area contributed by atoms with Crippen LogP contribution in [-0.4, -0.2) is 29.6 Å². The molecule has 0 aliphatic rings. The first-order valence-corrected chi connectivity index (χ1v) is 7.46. The van der Waals surface area contributed by atoms with E-state index in [-0.39, 0.29) is 14.0 Å². The fraction of sp³-hybridized carbons (Fsp3) is 0.158. The molecule has 26 heavy (non-hydrogen) atoms. The molecule has 2 aromatic rings. The Labute approximate surface area is 152 Å². The van der Waals surface area contributed by atoms with Gasteiger partial charge in [0.05, 0.1) is 0 Å². The summed E-state index contributed by atoms with van der Waals surface area (Å²) in [5.74, 6) is 4.68. The summed E-state index contributed by atoms with van der Waals surface area (Å²) in [7, 11) is 0. The molecule has 0 saturated heterocycles. The van der Waals surface area contributed by atoms with E-state index in [2.05, 4.69) is 17.2 Å². The van der Waals surface area contributed by atoms with Crippen LogP contribution >= 0.6 is 0 Å². The quantitative estimate of drug-likeness (QED) is 0.241. The number of rotatable bonds is 4. The average molecular weight is 354 g/mol. The van der Waals surface area contributed by atoms with E-state index in [1.807, 2.05) is 18.2 Å². The van der Waals surface area contributed by atoms with Gasteiger partial charge < -0.3 is 16.8 Å². The van der Waals surface area contributed by atoms with Crippen molar-refractivity contribution in [1.29, 1.82) is 0 Å². The number of nitrogens with two attached hydrogens (primary N) is 2. The highest BCUT2D eigenvalue weighted by molar-refractivity contribution is 5.97. The zero-order chi connectivity index (χ0) is 18.2. The van der Waals surface area contributed by atoms with E-state index in [9.17, 15) is 9.59 Å². The molecule has 0 unspecified atom stereocenters. The molecule has 2 amide bonds. The first-order valence-electron chi connectivity index (χ1n) is 7.46. The molecule has 7 N–H and O–H groups in total. The lowest BCUT2D eigenvalue weighted by atomic mass is 10.1. The lowest BCUT2D eigenvalue weighted by molar-refractivity contribution is -0.130. The molecule has 0 aliphatic heterocycles. The van der Waals surface area contributed by atoms with Gasteiger partial charge in [-0.2, -0.15) is 0 Å².